The van der Waals surface area contributed by atoms with E-state index in [0.29, 0.717) is 0 Å². The Hall–Kier alpha value is 0.240. The van der Waals surface area contributed by atoms with Gasteiger partial charge in [0.25, 0.3) is 0 Å². The normalized spacial score (nSPS) is 20.2. The van der Waals surface area contributed by atoms with Crippen molar-refractivity contribution >= 4 is 23.2 Å². The molecule has 0 N–H and O–H groups in total. The van der Waals surface area contributed by atoms with Crippen LogP contribution < -0.4 is 0 Å². The SMILES string of the molecule is COCCN1CCC(Cl)=C(Cl)C1. The number of methoxy groups -OCH3 is 1. The van der Waals surface area contributed by atoms with Crippen molar-refractivity contribution in [2.24, 2.45) is 0 Å². The molecular weight excluding hydrogens is 197 g/mol. The molecule has 0 spiro atoms. The average molecular weight is 210 g/mol. The molecule has 0 aromatic heterocycles. The Labute approximate surface area is 83.1 Å². The molecule has 0 saturated heterocycles. The van der Waals surface area contributed by atoms with Gasteiger partial charge in [0.05, 0.1) is 6.61 Å². The molecule has 0 aromatic rings. The van der Waals surface area contributed by atoms with Gasteiger partial charge in [-0.2, -0.15) is 0 Å². The molecular formula is C8H13Cl2NO. The molecule has 0 saturated carbocycles. The van der Waals surface area contributed by atoms with Gasteiger partial charge >= 0.3 is 0 Å². The van der Waals surface area contributed by atoms with Crippen molar-refractivity contribution in [3.8, 4) is 0 Å². The van der Waals surface area contributed by atoms with E-state index in [1.807, 2.05) is 0 Å². The molecule has 1 aliphatic heterocycles. The zero-order valence-corrected chi connectivity index (χ0v) is 8.66. The highest BCUT2D eigenvalue weighted by atomic mass is 35.5. The van der Waals surface area contributed by atoms with E-state index in [9.17, 15) is 0 Å². The summed E-state index contributed by atoms with van der Waals surface area (Å²) in [6.07, 6.45) is 0.865. The van der Waals surface area contributed by atoms with Gasteiger partial charge in [0.15, 0.2) is 0 Å². The quantitative estimate of drug-likeness (QED) is 0.706. The largest absolute Gasteiger partial charge is 0.383 e. The summed E-state index contributed by atoms with van der Waals surface area (Å²) >= 11 is 11.8. The van der Waals surface area contributed by atoms with Crippen molar-refractivity contribution in [2.45, 2.75) is 6.42 Å². The van der Waals surface area contributed by atoms with E-state index >= 15 is 0 Å². The van der Waals surface area contributed by atoms with Crippen molar-refractivity contribution in [3.63, 3.8) is 0 Å². The maximum atomic E-state index is 5.91. The van der Waals surface area contributed by atoms with Gasteiger partial charge in [-0.1, -0.05) is 23.2 Å². The predicted octanol–water partition coefficient (Wildman–Crippen LogP) is 2.03. The van der Waals surface area contributed by atoms with Crippen LogP contribution in [-0.2, 0) is 4.74 Å². The first-order valence-corrected chi connectivity index (χ1v) is 4.74. The molecule has 1 heterocycles. The van der Waals surface area contributed by atoms with E-state index in [2.05, 4.69) is 4.90 Å². The van der Waals surface area contributed by atoms with Crippen molar-refractivity contribution in [1.82, 2.24) is 4.90 Å². The van der Waals surface area contributed by atoms with Gasteiger partial charge in [-0.15, -0.1) is 0 Å². The Balaban J connectivity index is 2.33. The average Bonchev–Trinajstić information content (AvgIpc) is 2.07. The van der Waals surface area contributed by atoms with Crippen molar-refractivity contribution in [3.05, 3.63) is 10.1 Å². The first-order valence-electron chi connectivity index (χ1n) is 3.98. The van der Waals surface area contributed by atoms with E-state index in [1.54, 1.807) is 7.11 Å². The third kappa shape index (κ3) is 2.94. The molecule has 0 aliphatic carbocycles. The molecule has 1 rings (SSSR count). The number of halogens is 2. The molecule has 1 aliphatic rings. The number of hydrogen-bond acceptors (Lipinski definition) is 2. The second-order valence-electron chi connectivity index (χ2n) is 2.83. The van der Waals surface area contributed by atoms with Crippen LogP contribution >= 0.6 is 23.2 Å². The molecule has 0 fully saturated rings. The van der Waals surface area contributed by atoms with E-state index in [0.717, 1.165) is 42.7 Å². The van der Waals surface area contributed by atoms with Crippen molar-refractivity contribution in [2.75, 3.05) is 33.4 Å². The van der Waals surface area contributed by atoms with Gasteiger partial charge in [-0.25, -0.2) is 0 Å². The summed E-state index contributed by atoms with van der Waals surface area (Å²) in [6.45, 7) is 3.43. The van der Waals surface area contributed by atoms with Crippen LogP contribution in [0.25, 0.3) is 0 Å². The highest BCUT2D eigenvalue weighted by Gasteiger charge is 2.15. The number of nitrogens with zero attached hydrogens (tertiary/aromatic N) is 1. The molecule has 0 aromatic carbocycles. The van der Waals surface area contributed by atoms with Crippen LogP contribution in [-0.4, -0.2) is 38.3 Å². The lowest BCUT2D eigenvalue weighted by atomic mass is 10.2. The minimum atomic E-state index is 0.752. The van der Waals surface area contributed by atoms with Gasteiger partial charge < -0.3 is 4.74 Å². The maximum Gasteiger partial charge on any atom is 0.0589 e. The molecule has 12 heavy (non-hydrogen) atoms. The van der Waals surface area contributed by atoms with Gasteiger partial charge in [0.1, 0.15) is 0 Å². The van der Waals surface area contributed by atoms with Gasteiger partial charge in [0.2, 0.25) is 0 Å². The van der Waals surface area contributed by atoms with Crippen LogP contribution in [0.5, 0.6) is 0 Å². The van der Waals surface area contributed by atoms with E-state index in [4.69, 9.17) is 27.9 Å². The van der Waals surface area contributed by atoms with Crippen LogP contribution in [0.2, 0.25) is 0 Å². The summed E-state index contributed by atoms with van der Waals surface area (Å²) < 4.78 is 4.97. The molecule has 70 valence electrons. The summed E-state index contributed by atoms with van der Waals surface area (Å²) in [5.41, 5.74) is 0. The lowest BCUT2D eigenvalue weighted by Gasteiger charge is -2.25. The van der Waals surface area contributed by atoms with Gasteiger partial charge in [-0.05, 0) is 6.42 Å². The summed E-state index contributed by atoms with van der Waals surface area (Å²) in [7, 11) is 1.70. The zero-order chi connectivity index (χ0) is 8.97. The zero-order valence-electron chi connectivity index (χ0n) is 7.15. The minimum absolute atomic E-state index is 0.752. The first-order chi connectivity index (χ1) is 5.74. The minimum Gasteiger partial charge on any atom is -0.383 e. The third-order valence-corrected chi connectivity index (χ3v) is 2.78. The molecule has 2 nitrogen and oxygen atoms in total. The van der Waals surface area contributed by atoms with E-state index < -0.39 is 0 Å². The van der Waals surface area contributed by atoms with E-state index in [1.165, 1.54) is 0 Å². The van der Waals surface area contributed by atoms with Crippen LogP contribution in [0, 0.1) is 0 Å². The lowest BCUT2D eigenvalue weighted by Crippen LogP contribution is -2.32. The van der Waals surface area contributed by atoms with Gasteiger partial charge in [-0.3, -0.25) is 4.90 Å². The molecule has 0 bridgehead atoms. The number of ether oxygens (including phenoxy) is 1. The Morgan fingerprint density at radius 2 is 2.17 bits per heavy atom. The second-order valence-corrected chi connectivity index (χ2v) is 3.74. The van der Waals surface area contributed by atoms with Gasteiger partial charge in [0, 0.05) is 36.8 Å². The van der Waals surface area contributed by atoms with Crippen molar-refractivity contribution in [1.29, 1.82) is 0 Å². The lowest BCUT2D eigenvalue weighted by molar-refractivity contribution is 0.152. The smallest absolute Gasteiger partial charge is 0.0589 e. The van der Waals surface area contributed by atoms with Crippen LogP contribution in [0.1, 0.15) is 6.42 Å². The molecule has 0 atom stereocenters. The number of rotatable bonds is 3. The fourth-order valence-corrected chi connectivity index (χ4v) is 1.57. The summed E-state index contributed by atoms with van der Waals surface area (Å²) in [5, 5.41) is 1.59. The molecule has 0 amide bonds. The first kappa shape index (κ1) is 10.3. The van der Waals surface area contributed by atoms with Crippen LogP contribution in [0.15, 0.2) is 10.1 Å². The standard InChI is InChI=1S/C8H13Cl2NO/c1-12-5-4-11-3-2-7(9)8(10)6-11/h2-6H2,1H3. The highest BCUT2D eigenvalue weighted by Crippen LogP contribution is 2.23. The second kappa shape index (κ2) is 5.07. The third-order valence-electron chi connectivity index (χ3n) is 1.92. The monoisotopic (exact) mass is 209 g/mol. The summed E-state index contributed by atoms with van der Waals surface area (Å²) in [4.78, 5) is 2.23. The van der Waals surface area contributed by atoms with Crippen LogP contribution in [0.3, 0.4) is 0 Å². The number of hydrogen-bond donors (Lipinski definition) is 0. The summed E-state index contributed by atoms with van der Waals surface area (Å²) in [6, 6.07) is 0. The fourth-order valence-electron chi connectivity index (χ4n) is 1.16. The van der Waals surface area contributed by atoms with E-state index in [-0.39, 0.29) is 0 Å². The Morgan fingerprint density at radius 3 is 2.75 bits per heavy atom. The maximum absolute atomic E-state index is 5.91. The Bertz CT molecular complexity index is 182. The predicted molar refractivity (Wildman–Crippen MR) is 51.7 cm³/mol. The fraction of sp³-hybridized carbons (Fsp3) is 0.750. The topological polar surface area (TPSA) is 12.5 Å². The molecule has 4 heteroatoms. The Morgan fingerprint density at radius 1 is 1.42 bits per heavy atom. The van der Waals surface area contributed by atoms with Crippen LogP contribution in [0.4, 0.5) is 0 Å². The highest BCUT2D eigenvalue weighted by molar-refractivity contribution is 6.39. The van der Waals surface area contributed by atoms with Crippen molar-refractivity contribution < 1.29 is 4.74 Å². The molecule has 0 unspecified atom stereocenters. The Kier molecular flexibility index (Phi) is 4.36. The summed E-state index contributed by atoms with van der Waals surface area (Å²) in [5.74, 6) is 0. The molecule has 0 radical (unpaired) electrons.